The largest absolute Gasteiger partial charge is 0.398 e. The predicted molar refractivity (Wildman–Crippen MR) is 77.6 cm³/mol. The molecule has 0 aliphatic heterocycles. The van der Waals surface area contributed by atoms with Crippen molar-refractivity contribution in [1.82, 2.24) is 0 Å². The monoisotopic (exact) mass is 276 g/mol. The minimum atomic E-state index is -3.57. The Bertz CT molecular complexity index is 692. The van der Waals surface area contributed by atoms with Crippen LogP contribution in [0.3, 0.4) is 0 Å². The van der Waals surface area contributed by atoms with E-state index >= 15 is 0 Å². The average Bonchev–Trinajstić information content (AvgIpc) is 2.34. The first-order chi connectivity index (χ1) is 8.88. The van der Waals surface area contributed by atoms with Crippen LogP contribution in [-0.4, -0.2) is 8.42 Å². The van der Waals surface area contributed by atoms with Gasteiger partial charge in [0.1, 0.15) is 0 Å². The Morgan fingerprint density at radius 3 is 2.21 bits per heavy atom. The Morgan fingerprint density at radius 2 is 1.63 bits per heavy atom. The molecule has 3 N–H and O–H groups in total. The Morgan fingerprint density at radius 1 is 1.00 bits per heavy atom. The fourth-order valence-electron chi connectivity index (χ4n) is 1.64. The average molecular weight is 276 g/mol. The van der Waals surface area contributed by atoms with Gasteiger partial charge in [-0.25, -0.2) is 8.42 Å². The summed E-state index contributed by atoms with van der Waals surface area (Å²) in [5.41, 5.74) is 8.71. The Labute approximate surface area is 113 Å². The molecule has 0 bridgehead atoms. The summed E-state index contributed by atoms with van der Waals surface area (Å²) in [7, 11) is -3.57. The van der Waals surface area contributed by atoms with Crippen LogP contribution < -0.4 is 10.5 Å². The van der Waals surface area contributed by atoms with Gasteiger partial charge in [0, 0.05) is 5.69 Å². The molecule has 4 nitrogen and oxygen atoms in total. The normalized spacial score (nSPS) is 11.3. The lowest BCUT2D eigenvalue weighted by Crippen LogP contribution is -2.13. The standard InChI is InChI=1S/C14H16N2O2S/c1-10-3-7-13(8-4-10)19(17,18)16-12-6-5-11(2)14(15)9-12/h3-9,16H,15H2,1-2H3. The van der Waals surface area contributed by atoms with Gasteiger partial charge in [-0.2, -0.15) is 0 Å². The summed E-state index contributed by atoms with van der Waals surface area (Å²) in [5.74, 6) is 0. The molecule has 0 atom stereocenters. The van der Waals surface area contributed by atoms with Crippen LogP contribution in [0, 0.1) is 13.8 Å². The van der Waals surface area contributed by atoms with Crippen LogP contribution in [0.1, 0.15) is 11.1 Å². The first-order valence-electron chi connectivity index (χ1n) is 5.84. The fraction of sp³-hybridized carbons (Fsp3) is 0.143. The Balaban J connectivity index is 2.30. The minimum Gasteiger partial charge on any atom is -0.398 e. The lowest BCUT2D eigenvalue weighted by Gasteiger charge is -2.09. The molecule has 0 fully saturated rings. The summed E-state index contributed by atoms with van der Waals surface area (Å²) in [6, 6.07) is 11.8. The molecule has 0 aliphatic carbocycles. The van der Waals surface area contributed by atoms with Crippen molar-refractivity contribution in [3.63, 3.8) is 0 Å². The number of rotatable bonds is 3. The van der Waals surface area contributed by atoms with E-state index in [1.54, 1.807) is 42.5 Å². The maximum Gasteiger partial charge on any atom is 0.261 e. The smallest absolute Gasteiger partial charge is 0.261 e. The number of nitrogen functional groups attached to an aromatic ring is 1. The molecule has 100 valence electrons. The van der Waals surface area contributed by atoms with Crippen molar-refractivity contribution in [1.29, 1.82) is 0 Å². The Kier molecular flexibility index (Phi) is 3.48. The highest BCUT2D eigenvalue weighted by molar-refractivity contribution is 7.92. The third-order valence-corrected chi connectivity index (χ3v) is 4.26. The third kappa shape index (κ3) is 3.06. The first-order valence-corrected chi connectivity index (χ1v) is 7.32. The van der Waals surface area contributed by atoms with Crippen LogP contribution in [0.4, 0.5) is 11.4 Å². The second-order valence-electron chi connectivity index (χ2n) is 4.49. The quantitative estimate of drug-likeness (QED) is 0.847. The van der Waals surface area contributed by atoms with E-state index in [4.69, 9.17) is 5.73 Å². The molecule has 0 aromatic heterocycles. The zero-order chi connectivity index (χ0) is 14.0. The van der Waals surface area contributed by atoms with Gasteiger partial charge in [-0.1, -0.05) is 23.8 Å². The molecule has 0 heterocycles. The summed E-state index contributed by atoms with van der Waals surface area (Å²) in [6.07, 6.45) is 0. The summed E-state index contributed by atoms with van der Waals surface area (Å²) in [4.78, 5) is 0.234. The van der Waals surface area contributed by atoms with Crippen molar-refractivity contribution >= 4 is 21.4 Å². The van der Waals surface area contributed by atoms with Crippen LogP contribution in [0.25, 0.3) is 0 Å². The number of nitrogens with two attached hydrogens (primary N) is 1. The number of aryl methyl sites for hydroxylation is 2. The van der Waals surface area contributed by atoms with E-state index in [-0.39, 0.29) is 4.90 Å². The van der Waals surface area contributed by atoms with Gasteiger partial charge in [-0.15, -0.1) is 0 Å². The van der Waals surface area contributed by atoms with Gasteiger partial charge >= 0.3 is 0 Å². The van der Waals surface area contributed by atoms with E-state index in [9.17, 15) is 8.42 Å². The van der Waals surface area contributed by atoms with Crippen LogP contribution in [-0.2, 0) is 10.0 Å². The minimum absolute atomic E-state index is 0.234. The van der Waals surface area contributed by atoms with Gasteiger partial charge in [0.2, 0.25) is 0 Å². The van der Waals surface area contributed by atoms with Crippen molar-refractivity contribution in [2.75, 3.05) is 10.5 Å². The predicted octanol–water partition coefficient (Wildman–Crippen LogP) is 2.69. The molecular weight excluding hydrogens is 260 g/mol. The maximum absolute atomic E-state index is 12.2. The van der Waals surface area contributed by atoms with E-state index in [0.717, 1.165) is 11.1 Å². The Hall–Kier alpha value is -2.01. The van der Waals surface area contributed by atoms with Gasteiger partial charge < -0.3 is 5.73 Å². The summed E-state index contributed by atoms with van der Waals surface area (Å²) >= 11 is 0. The van der Waals surface area contributed by atoms with Crippen molar-refractivity contribution in [3.8, 4) is 0 Å². The molecule has 19 heavy (non-hydrogen) atoms. The zero-order valence-corrected chi connectivity index (χ0v) is 11.7. The highest BCUT2D eigenvalue weighted by Crippen LogP contribution is 2.20. The molecule has 0 aliphatic rings. The molecular formula is C14H16N2O2S. The van der Waals surface area contributed by atoms with Crippen molar-refractivity contribution < 1.29 is 8.42 Å². The molecule has 0 saturated heterocycles. The highest BCUT2D eigenvalue weighted by atomic mass is 32.2. The molecule has 0 saturated carbocycles. The van der Waals surface area contributed by atoms with Gasteiger partial charge in [0.05, 0.1) is 10.6 Å². The molecule has 2 rings (SSSR count). The molecule has 2 aromatic rings. The first kappa shape index (κ1) is 13.4. The third-order valence-electron chi connectivity index (χ3n) is 2.86. The van der Waals surface area contributed by atoms with E-state index in [1.165, 1.54) is 0 Å². The lowest BCUT2D eigenvalue weighted by atomic mass is 10.2. The van der Waals surface area contributed by atoms with Crippen molar-refractivity contribution in [2.45, 2.75) is 18.7 Å². The van der Waals surface area contributed by atoms with Gasteiger partial charge in [0.15, 0.2) is 0 Å². The second-order valence-corrected chi connectivity index (χ2v) is 6.17. The second kappa shape index (κ2) is 4.93. The van der Waals surface area contributed by atoms with E-state index in [1.807, 2.05) is 13.8 Å². The van der Waals surface area contributed by atoms with E-state index in [2.05, 4.69) is 4.72 Å². The van der Waals surface area contributed by atoms with Crippen LogP contribution in [0.2, 0.25) is 0 Å². The SMILES string of the molecule is Cc1ccc(S(=O)(=O)Nc2ccc(C)c(N)c2)cc1. The number of hydrogen-bond donors (Lipinski definition) is 2. The molecule has 0 radical (unpaired) electrons. The fourth-order valence-corrected chi connectivity index (χ4v) is 2.68. The van der Waals surface area contributed by atoms with Gasteiger partial charge in [-0.05, 0) is 43.7 Å². The molecule has 2 aromatic carbocycles. The number of nitrogens with one attached hydrogen (secondary N) is 1. The number of sulfonamides is 1. The molecule has 0 amide bonds. The van der Waals surface area contributed by atoms with Crippen LogP contribution in [0.15, 0.2) is 47.4 Å². The van der Waals surface area contributed by atoms with Crippen LogP contribution >= 0.6 is 0 Å². The zero-order valence-electron chi connectivity index (χ0n) is 10.8. The van der Waals surface area contributed by atoms with E-state index < -0.39 is 10.0 Å². The summed E-state index contributed by atoms with van der Waals surface area (Å²) in [6.45, 7) is 3.78. The van der Waals surface area contributed by atoms with Crippen molar-refractivity contribution in [2.24, 2.45) is 0 Å². The van der Waals surface area contributed by atoms with Gasteiger partial charge in [-0.3, -0.25) is 4.72 Å². The van der Waals surface area contributed by atoms with Crippen LogP contribution in [0.5, 0.6) is 0 Å². The van der Waals surface area contributed by atoms with Gasteiger partial charge in [0.25, 0.3) is 10.0 Å². The summed E-state index contributed by atoms with van der Waals surface area (Å²) < 4.78 is 26.8. The maximum atomic E-state index is 12.2. The highest BCUT2D eigenvalue weighted by Gasteiger charge is 2.13. The topological polar surface area (TPSA) is 72.2 Å². The van der Waals surface area contributed by atoms with Crippen molar-refractivity contribution in [3.05, 3.63) is 53.6 Å². The molecule has 5 heteroatoms. The number of benzene rings is 2. The number of anilines is 2. The number of hydrogen-bond acceptors (Lipinski definition) is 3. The lowest BCUT2D eigenvalue weighted by molar-refractivity contribution is 0.601. The van der Waals surface area contributed by atoms with E-state index in [0.29, 0.717) is 11.4 Å². The summed E-state index contributed by atoms with van der Waals surface area (Å²) in [5, 5.41) is 0. The molecule has 0 unspecified atom stereocenters. The molecule has 0 spiro atoms.